The molecule has 9 heteroatoms. The van der Waals surface area contributed by atoms with Crippen LogP contribution < -0.4 is 14.7 Å². The molecule has 24 aromatic rings. The molecule has 6 aromatic heterocycles. The first-order valence-corrected chi connectivity index (χ1v) is 48.2. The molecule has 0 atom stereocenters. The highest BCUT2D eigenvalue weighted by Gasteiger charge is 2.20. The molecule has 129 heavy (non-hydrogen) atoms. The van der Waals surface area contributed by atoms with E-state index < -0.39 is 0 Å². The summed E-state index contributed by atoms with van der Waals surface area (Å²) in [5, 5.41) is 7.80. The van der Waals surface area contributed by atoms with Crippen molar-refractivity contribution in [3.8, 4) is 96.0 Å². The minimum Gasteiger partial charge on any atom is -0.311 e. The van der Waals surface area contributed by atoms with Gasteiger partial charge in [-0.05, 0) is 281 Å². The standard InChI is InChI=1S/C46H31NS2.C40H27NS2.C34H23NS2/c1-2-10-40(11-3-1)47(41-26-22-34(23-27-41)32-14-18-36(19-15-32)45-30-38-8-4-6-12-43(38)48-45)42-28-24-35(25-29-42)33-16-20-37(21-17-33)46-31-39-9-5-7-13-44(39)49-46;1-2-8-28(9-3-1)29-14-20-34(21-15-29)41(35-22-16-30(17-23-35)39-26-32-10-4-6-12-37(32)42-39)36-24-18-31(19-25-36)40-27-33-11-5-7-13-38(33)43-40;1-2-10-28(11-3-1)35(29-18-14-24(15-19-29)33-22-26-8-4-6-12-31(26)36-33)30-20-16-25(17-21-30)34-23-27-9-5-7-13-32(27)37-34/h1-31H;1-27H;1-23H. The van der Waals surface area contributed by atoms with Crippen molar-refractivity contribution in [1.82, 2.24) is 0 Å². The summed E-state index contributed by atoms with van der Waals surface area (Å²) in [6.45, 7) is 0. The molecule has 0 amide bonds. The van der Waals surface area contributed by atoms with Gasteiger partial charge in [0, 0.05) is 109 Å². The summed E-state index contributed by atoms with van der Waals surface area (Å²) in [6, 6.07) is 177. The van der Waals surface area contributed by atoms with Crippen LogP contribution in [0.1, 0.15) is 0 Å². The Labute approximate surface area is 775 Å². The van der Waals surface area contributed by atoms with Crippen LogP contribution in [-0.4, -0.2) is 0 Å². The molecule has 0 saturated carbocycles. The van der Waals surface area contributed by atoms with Gasteiger partial charge in [-0.3, -0.25) is 0 Å². The minimum atomic E-state index is 1.12. The number of para-hydroxylation sites is 2. The molecule has 0 radical (unpaired) electrons. The van der Waals surface area contributed by atoms with E-state index in [0.717, 1.165) is 51.2 Å². The van der Waals surface area contributed by atoms with Crippen molar-refractivity contribution in [1.29, 1.82) is 0 Å². The zero-order chi connectivity index (χ0) is 85.8. The third-order valence-corrected chi connectivity index (χ3v) is 30.7. The average molecular weight is 1760 g/mol. The van der Waals surface area contributed by atoms with Crippen LogP contribution in [0.3, 0.4) is 0 Å². The second-order valence-electron chi connectivity index (χ2n) is 31.9. The molecule has 0 N–H and O–H groups in total. The van der Waals surface area contributed by atoms with Crippen LogP contribution in [0.5, 0.6) is 0 Å². The van der Waals surface area contributed by atoms with Crippen LogP contribution in [-0.2, 0) is 0 Å². The number of hydrogen-bond donors (Lipinski definition) is 0. The van der Waals surface area contributed by atoms with Gasteiger partial charge in [0.15, 0.2) is 0 Å². The van der Waals surface area contributed by atoms with Crippen molar-refractivity contribution in [3.63, 3.8) is 0 Å². The number of anilines is 9. The summed E-state index contributed by atoms with van der Waals surface area (Å²) in [6.07, 6.45) is 0. The third-order valence-electron chi connectivity index (χ3n) is 23.7. The van der Waals surface area contributed by atoms with E-state index >= 15 is 0 Å². The minimum absolute atomic E-state index is 1.12. The molecule has 0 fully saturated rings. The lowest BCUT2D eigenvalue weighted by molar-refractivity contribution is 1.28. The van der Waals surface area contributed by atoms with Crippen LogP contribution in [0.15, 0.2) is 491 Å². The number of thiophene rings is 6. The largest absolute Gasteiger partial charge is 0.311 e. The Bertz CT molecular complexity index is 7380. The Hall–Kier alpha value is -14.9. The normalized spacial score (nSPS) is 11.3. The molecule has 18 aromatic carbocycles. The van der Waals surface area contributed by atoms with E-state index in [4.69, 9.17) is 0 Å². The molecule has 6 heterocycles. The Morgan fingerprint density at radius 1 is 0.109 bits per heavy atom. The first-order chi connectivity index (χ1) is 63.8. The second kappa shape index (κ2) is 36.2. The van der Waals surface area contributed by atoms with E-state index in [1.54, 1.807) is 0 Å². The molecular formula is C120H81N3S6. The summed E-state index contributed by atoms with van der Waals surface area (Å²) in [4.78, 5) is 14.8. The fourth-order valence-corrected chi connectivity index (χ4v) is 23.4. The van der Waals surface area contributed by atoms with Crippen LogP contribution in [0, 0.1) is 0 Å². The van der Waals surface area contributed by atoms with Crippen molar-refractivity contribution in [3.05, 3.63) is 491 Å². The van der Waals surface area contributed by atoms with Crippen molar-refractivity contribution in [2.24, 2.45) is 0 Å². The van der Waals surface area contributed by atoms with Gasteiger partial charge < -0.3 is 14.7 Å². The second-order valence-corrected chi connectivity index (χ2v) is 38.4. The fourth-order valence-electron chi connectivity index (χ4n) is 17.0. The highest BCUT2D eigenvalue weighted by molar-refractivity contribution is 7.24. The van der Waals surface area contributed by atoms with Gasteiger partial charge in [-0.1, -0.05) is 309 Å². The van der Waals surface area contributed by atoms with Crippen LogP contribution >= 0.6 is 68.0 Å². The third kappa shape index (κ3) is 17.2. The predicted molar refractivity (Wildman–Crippen MR) is 565 cm³/mol. The molecule has 0 unspecified atom stereocenters. The smallest absolute Gasteiger partial charge is 0.0462 e. The first-order valence-electron chi connectivity index (χ1n) is 43.3. The predicted octanol–water partition coefficient (Wildman–Crippen LogP) is 37.8. The number of benzene rings is 18. The van der Waals surface area contributed by atoms with Crippen molar-refractivity contribution < 1.29 is 0 Å². The molecule has 0 spiro atoms. The lowest BCUT2D eigenvalue weighted by Crippen LogP contribution is -2.09. The van der Waals surface area contributed by atoms with Crippen LogP contribution in [0.2, 0.25) is 0 Å². The number of hydrogen-bond acceptors (Lipinski definition) is 9. The zero-order valence-corrected chi connectivity index (χ0v) is 75.0. The molecule has 3 nitrogen and oxygen atoms in total. The molecule has 0 aliphatic rings. The highest BCUT2D eigenvalue weighted by atomic mass is 32.1. The van der Waals surface area contributed by atoms with E-state index in [2.05, 4.69) is 506 Å². The quantitative estimate of drug-likeness (QED) is 0.0848. The Kier molecular flexibility index (Phi) is 22.5. The van der Waals surface area contributed by atoms with E-state index in [1.807, 2.05) is 68.0 Å². The average Bonchev–Trinajstić information content (AvgIpc) is 1.76. The summed E-state index contributed by atoms with van der Waals surface area (Å²) in [5.41, 5.74) is 25.0. The monoisotopic (exact) mass is 1760 g/mol. The molecule has 0 saturated heterocycles. The summed E-state index contributed by atoms with van der Waals surface area (Å²) >= 11 is 11.1. The Balaban J connectivity index is 0.000000115. The molecule has 24 rings (SSSR count). The number of fused-ring (bicyclic) bond motifs is 6. The van der Waals surface area contributed by atoms with Crippen molar-refractivity contribution in [2.75, 3.05) is 14.7 Å². The SMILES string of the molecule is c1ccc(-c2ccc(N(c3ccc(-c4cc5ccccc5s4)cc3)c3ccc(-c4cc5ccccc5s4)cc3)cc2)cc1.c1ccc(N(c2ccc(-c3cc4ccccc4s3)cc2)c2ccc(-c3cc4ccccc4s3)cc2)cc1.c1ccc(N(c2ccc(-c3ccc(-c4cc5ccccc5s4)cc3)cc2)c2ccc(-c3ccc(-c4cc5ccccc5s4)cc3)cc2)cc1. The lowest BCUT2D eigenvalue weighted by Gasteiger charge is -2.26. The van der Waals surface area contributed by atoms with Gasteiger partial charge in [-0.15, -0.1) is 68.0 Å². The number of nitrogens with zero attached hydrogens (tertiary/aromatic N) is 3. The summed E-state index contributed by atoms with van der Waals surface area (Å²) in [5.74, 6) is 0. The Morgan fingerprint density at radius 3 is 0.426 bits per heavy atom. The van der Waals surface area contributed by atoms with E-state index in [9.17, 15) is 0 Å². The maximum Gasteiger partial charge on any atom is 0.0462 e. The molecule has 0 aliphatic heterocycles. The van der Waals surface area contributed by atoms with E-state index in [-0.39, 0.29) is 0 Å². The maximum atomic E-state index is 2.35. The van der Waals surface area contributed by atoms with Crippen molar-refractivity contribution in [2.45, 2.75) is 0 Å². The van der Waals surface area contributed by atoms with Crippen LogP contribution in [0.4, 0.5) is 51.2 Å². The number of rotatable bonds is 18. The van der Waals surface area contributed by atoms with Gasteiger partial charge in [-0.2, -0.15) is 0 Å². The van der Waals surface area contributed by atoms with E-state index in [1.165, 1.54) is 157 Å². The van der Waals surface area contributed by atoms with Gasteiger partial charge in [-0.25, -0.2) is 0 Å². The molecule has 0 aliphatic carbocycles. The highest BCUT2D eigenvalue weighted by Crippen LogP contribution is 2.47. The molecular weight excluding hydrogens is 1680 g/mol. The fraction of sp³-hybridized carbons (Fsp3) is 0. The van der Waals surface area contributed by atoms with Crippen LogP contribution in [0.25, 0.3) is 157 Å². The van der Waals surface area contributed by atoms with Gasteiger partial charge in [0.1, 0.15) is 0 Å². The van der Waals surface area contributed by atoms with Gasteiger partial charge in [0.05, 0.1) is 0 Å². The molecule has 0 bridgehead atoms. The maximum absolute atomic E-state index is 2.35. The van der Waals surface area contributed by atoms with Gasteiger partial charge in [0.25, 0.3) is 0 Å². The Morgan fingerprint density at radius 2 is 0.240 bits per heavy atom. The first kappa shape index (κ1) is 80.0. The molecule has 612 valence electrons. The van der Waals surface area contributed by atoms with Gasteiger partial charge in [0.2, 0.25) is 0 Å². The lowest BCUT2D eigenvalue weighted by atomic mass is 10.0. The summed E-state index contributed by atoms with van der Waals surface area (Å²) < 4.78 is 7.94. The van der Waals surface area contributed by atoms with Gasteiger partial charge >= 0.3 is 0 Å². The zero-order valence-electron chi connectivity index (χ0n) is 70.1. The summed E-state index contributed by atoms with van der Waals surface area (Å²) in [7, 11) is 0. The topological polar surface area (TPSA) is 9.72 Å². The van der Waals surface area contributed by atoms with E-state index in [0.29, 0.717) is 0 Å². The van der Waals surface area contributed by atoms with Crippen molar-refractivity contribution >= 4 is 180 Å².